The van der Waals surface area contributed by atoms with E-state index in [9.17, 15) is 18.8 Å². The van der Waals surface area contributed by atoms with E-state index < -0.39 is 11.4 Å². The van der Waals surface area contributed by atoms with Gasteiger partial charge in [-0.1, -0.05) is 36.9 Å². The summed E-state index contributed by atoms with van der Waals surface area (Å²) in [6, 6.07) is 12.5. The van der Waals surface area contributed by atoms with Gasteiger partial charge >= 0.3 is 6.09 Å². The van der Waals surface area contributed by atoms with E-state index in [4.69, 9.17) is 4.74 Å². The topological polar surface area (TPSA) is 101 Å². The normalized spacial score (nSPS) is 19.5. The summed E-state index contributed by atoms with van der Waals surface area (Å²) >= 11 is 0. The van der Waals surface area contributed by atoms with Crippen LogP contribution in [0.1, 0.15) is 60.7 Å². The van der Waals surface area contributed by atoms with Crippen LogP contribution in [0.5, 0.6) is 0 Å². The molecule has 0 spiro atoms. The summed E-state index contributed by atoms with van der Waals surface area (Å²) in [5.74, 6) is -0.294. The van der Waals surface area contributed by atoms with Gasteiger partial charge < -0.3 is 24.3 Å². The Bertz CT molecular complexity index is 1610. The maximum absolute atomic E-state index is 15.0. The molecule has 0 bridgehead atoms. The van der Waals surface area contributed by atoms with Crippen LogP contribution >= 0.6 is 0 Å². The lowest BCUT2D eigenvalue weighted by Crippen LogP contribution is -2.55. The standard InChI is InChI=1S/C38H50FN7O4/c1-27-30-7-5-6-8-31(30)34(41-40-27)24-29-9-10-33(39)32(23-29)36(48)45-21-19-44(20-22-45)35(47)26-43-17-15-42(16-18-43)25-28-11-13-46(14-12-28)37(49)50-38(2,3)4/h5-10,23,28,40H,1,11-22,24-26H2,2-4H3. The Morgan fingerprint density at radius 2 is 1.50 bits per heavy atom. The van der Waals surface area contributed by atoms with Gasteiger partial charge in [0.1, 0.15) is 11.4 Å². The van der Waals surface area contributed by atoms with Crippen molar-refractivity contribution in [3.8, 4) is 0 Å². The van der Waals surface area contributed by atoms with Crippen LogP contribution in [-0.2, 0) is 16.0 Å². The molecule has 268 valence electrons. The fraction of sp³-hybridized carbons (Fsp3) is 0.526. The summed E-state index contributed by atoms with van der Waals surface area (Å²) in [7, 11) is 0. The fourth-order valence-corrected chi connectivity index (χ4v) is 7.17. The number of halogens is 1. The molecule has 2 aromatic rings. The van der Waals surface area contributed by atoms with Crippen molar-refractivity contribution in [2.45, 2.75) is 45.6 Å². The van der Waals surface area contributed by atoms with Crippen LogP contribution in [-0.4, -0.2) is 132 Å². The number of nitrogens with one attached hydrogen (secondary N) is 1. The van der Waals surface area contributed by atoms with Gasteiger partial charge in [-0.2, -0.15) is 5.10 Å². The van der Waals surface area contributed by atoms with Gasteiger partial charge in [0, 0.05) is 89.5 Å². The molecule has 12 heteroatoms. The molecule has 50 heavy (non-hydrogen) atoms. The van der Waals surface area contributed by atoms with Crippen molar-refractivity contribution in [2.24, 2.45) is 11.0 Å². The van der Waals surface area contributed by atoms with E-state index in [-0.39, 0.29) is 23.5 Å². The van der Waals surface area contributed by atoms with Crippen LogP contribution in [0.3, 0.4) is 0 Å². The molecule has 6 rings (SSSR count). The highest BCUT2D eigenvalue weighted by atomic mass is 19.1. The van der Waals surface area contributed by atoms with E-state index in [0.717, 1.165) is 86.8 Å². The Morgan fingerprint density at radius 3 is 2.18 bits per heavy atom. The van der Waals surface area contributed by atoms with Crippen molar-refractivity contribution in [3.63, 3.8) is 0 Å². The number of fused-ring (bicyclic) bond motifs is 1. The first kappa shape index (κ1) is 35.5. The summed E-state index contributed by atoms with van der Waals surface area (Å²) in [6.45, 7) is 17.6. The molecule has 1 N–H and O–H groups in total. The molecule has 0 unspecified atom stereocenters. The maximum atomic E-state index is 15.0. The SMILES string of the molecule is C=C1NN=C(Cc2ccc(F)c(C(=O)N3CCN(C(=O)CN4CCN(CC5CCN(C(=O)OC(C)(C)C)CC5)CC4)CC3)c2)c2ccccc21. The van der Waals surface area contributed by atoms with E-state index in [1.54, 1.807) is 17.0 Å². The van der Waals surface area contributed by atoms with Crippen molar-refractivity contribution < 1.29 is 23.5 Å². The molecule has 0 radical (unpaired) electrons. The van der Waals surface area contributed by atoms with Crippen molar-refractivity contribution in [3.05, 3.63) is 77.1 Å². The number of carbonyl (C=O) groups excluding carboxylic acids is 3. The molecule has 11 nitrogen and oxygen atoms in total. The van der Waals surface area contributed by atoms with Gasteiger partial charge in [-0.3, -0.25) is 19.9 Å². The monoisotopic (exact) mass is 687 g/mol. The molecule has 2 aromatic carbocycles. The Labute approximate surface area is 294 Å². The average Bonchev–Trinajstić information content (AvgIpc) is 3.10. The van der Waals surface area contributed by atoms with Crippen molar-refractivity contribution >= 4 is 29.3 Å². The molecule has 0 aromatic heterocycles. The molecule has 4 aliphatic heterocycles. The lowest BCUT2D eigenvalue weighted by Gasteiger charge is -2.40. The zero-order valence-electron chi connectivity index (χ0n) is 29.6. The van der Waals surface area contributed by atoms with Crippen LogP contribution in [0, 0.1) is 11.7 Å². The third-order valence-corrected chi connectivity index (χ3v) is 10.0. The Balaban J connectivity index is 0.926. The summed E-state index contributed by atoms with van der Waals surface area (Å²) in [5.41, 5.74) is 6.76. The van der Waals surface area contributed by atoms with Crippen molar-refractivity contribution in [1.82, 2.24) is 29.9 Å². The van der Waals surface area contributed by atoms with Gasteiger partial charge in [0.15, 0.2) is 0 Å². The minimum absolute atomic E-state index is 0.0378. The number of hydrazone groups is 1. The second kappa shape index (κ2) is 15.3. The van der Waals surface area contributed by atoms with Gasteiger partial charge in [0.2, 0.25) is 5.91 Å². The minimum Gasteiger partial charge on any atom is -0.444 e. The average molecular weight is 688 g/mol. The molecule has 0 aliphatic carbocycles. The number of amides is 3. The number of piperazine rings is 2. The second-order valence-electron chi connectivity index (χ2n) is 14.8. The highest BCUT2D eigenvalue weighted by Crippen LogP contribution is 2.24. The fourth-order valence-electron chi connectivity index (χ4n) is 7.17. The van der Waals surface area contributed by atoms with Gasteiger partial charge in [-0.15, -0.1) is 0 Å². The second-order valence-corrected chi connectivity index (χ2v) is 14.8. The number of hydrogen-bond acceptors (Lipinski definition) is 8. The summed E-state index contributed by atoms with van der Waals surface area (Å²) < 4.78 is 20.5. The Kier molecular flexibility index (Phi) is 10.9. The van der Waals surface area contributed by atoms with Crippen LogP contribution in [0.25, 0.3) is 5.70 Å². The number of benzene rings is 2. The number of ether oxygens (including phenoxy) is 1. The summed E-state index contributed by atoms with van der Waals surface area (Å²) in [6.07, 6.45) is 2.16. The zero-order chi connectivity index (χ0) is 35.4. The number of hydrogen-bond donors (Lipinski definition) is 1. The number of nitrogens with zero attached hydrogens (tertiary/aromatic N) is 6. The molecular weight excluding hydrogens is 637 g/mol. The molecule has 4 heterocycles. The quantitative estimate of drug-likeness (QED) is 0.472. The highest BCUT2D eigenvalue weighted by Gasteiger charge is 2.31. The number of rotatable bonds is 7. The predicted molar refractivity (Wildman–Crippen MR) is 191 cm³/mol. The number of piperidine rings is 1. The molecule has 0 saturated carbocycles. The van der Waals surface area contributed by atoms with Crippen molar-refractivity contribution in [2.75, 3.05) is 78.5 Å². The molecular formula is C38H50FN7O4. The molecule has 3 saturated heterocycles. The van der Waals surface area contributed by atoms with E-state index in [2.05, 4.69) is 26.9 Å². The third-order valence-electron chi connectivity index (χ3n) is 10.0. The predicted octanol–water partition coefficient (Wildman–Crippen LogP) is 3.90. The maximum Gasteiger partial charge on any atom is 0.410 e. The van der Waals surface area contributed by atoms with Crippen LogP contribution in [0.2, 0.25) is 0 Å². The Hall–Kier alpha value is -4.29. The number of likely N-dealkylation sites (tertiary alicyclic amines) is 1. The first-order valence-corrected chi connectivity index (χ1v) is 17.8. The molecule has 0 atom stereocenters. The van der Waals surface area contributed by atoms with Gasteiger partial charge in [0.25, 0.3) is 5.91 Å². The van der Waals surface area contributed by atoms with E-state index in [1.807, 2.05) is 54.8 Å². The van der Waals surface area contributed by atoms with Crippen LogP contribution in [0.4, 0.5) is 9.18 Å². The molecule has 4 aliphatic rings. The largest absolute Gasteiger partial charge is 0.444 e. The van der Waals surface area contributed by atoms with Crippen molar-refractivity contribution in [1.29, 1.82) is 0 Å². The first-order valence-electron chi connectivity index (χ1n) is 17.8. The van der Waals surface area contributed by atoms with E-state index in [1.165, 1.54) is 6.07 Å². The lowest BCUT2D eigenvalue weighted by atomic mass is 9.94. The van der Waals surface area contributed by atoms with Gasteiger partial charge in [0.05, 0.1) is 23.5 Å². The number of carbonyl (C=O) groups is 3. The van der Waals surface area contributed by atoms with Crippen LogP contribution < -0.4 is 5.43 Å². The smallest absolute Gasteiger partial charge is 0.410 e. The van der Waals surface area contributed by atoms with E-state index in [0.29, 0.717) is 45.1 Å². The minimum atomic E-state index is -0.555. The summed E-state index contributed by atoms with van der Waals surface area (Å²) in [4.78, 5) is 49.0. The third kappa shape index (κ3) is 8.70. The van der Waals surface area contributed by atoms with Gasteiger partial charge in [-0.25, -0.2) is 9.18 Å². The zero-order valence-corrected chi connectivity index (χ0v) is 29.6. The highest BCUT2D eigenvalue weighted by molar-refractivity contribution is 6.07. The van der Waals surface area contributed by atoms with Gasteiger partial charge in [-0.05, 0) is 57.2 Å². The Morgan fingerprint density at radius 1 is 0.860 bits per heavy atom. The van der Waals surface area contributed by atoms with E-state index >= 15 is 0 Å². The summed E-state index contributed by atoms with van der Waals surface area (Å²) in [5, 5.41) is 4.46. The molecule has 3 fully saturated rings. The lowest BCUT2D eigenvalue weighted by molar-refractivity contribution is -0.134. The first-order chi connectivity index (χ1) is 23.9. The molecule has 3 amide bonds. The van der Waals surface area contributed by atoms with Crippen LogP contribution in [0.15, 0.2) is 54.1 Å².